The molecule has 0 atom stereocenters. The van der Waals surface area contributed by atoms with E-state index >= 15 is 0 Å². The quantitative estimate of drug-likeness (QED) is 0.130. The Morgan fingerprint density at radius 1 is 0.270 bits per heavy atom. The highest BCUT2D eigenvalue weighted by Gasteiger charge is 2.17. The average molecular weight is 957 g/mol. The molecule has 0 aliphatic carbocycles. The number of pyridine rings is 2. The molecule has 12 rings (SSSR count). The van der Waals surface area contributed by atoms with Crippen molar-refractivity contribution in [3.63, 3.8) is 0 Å². The Morgan fingerprint density at radius 2 is 0.581 bits per heavy atom. The van der Waals surface area contributed by atoms with Crippen LogP contribution in [0.3, 0.4) is 0 Å². The van der Waals surface area contributed by atoms with Crippen LogP contribution in [0.2, 0.25) is 0 Å². The molecule has 9 aromatic carbocycles. The number of hydrogen-bond acceptors (Lipinski definition) is 4. The number of hydrogen-bond donors (Lipinski definition) is 0. The van der Waals surface area contributed by atoms with Gasteiger partial charge in [-0.3, -0.25) is 9.97 Å². The predicted molar refractivity (Wildman–Crippen MR) is 307 cm³/mol. The van der Waals surface area contributed by atoms with Gasteiger partial charge in [-0.15, -0.1) is 0 Å². The van der Waals surface area contributed by atoms with Crippen molar-refractivity contribution in [1.29, 1.82) is 0 Å². The summed E-state index contributed by atoms with van der Waals surface area (Å²) < 4.78 is 83.3. The van der Waals surface area contributed by atoms with E-state index in [2.05, 4.69) is 137 Å². The molecule has 74 heavy (non-hydrogen) atoms. The Bertz CT molecular complexity index is 4270. The fraction of sp³-hybridized carbons (Fsp3) is 0.0286. The van der Waals surface area contributed by atoms with Gasteiger partial charge in [0.1, 0.15) is 0 Å². The van der Waals surface area contributed by atoms with Gasteiger partial charge in [0.05, 0.1) is 25.1 Å². The molecule has 4 nitrogen and oxygen atoms in total. The molecule has 0 aliphatic rings. The minimum atomic E-state index is -0.435. The number of rotatable bonds is 11. The molecule has 4 heteroatoms. The third-order valence-electron chi connectivity index (χ3n) is 13.4. The Hall–Kier alpha value is -9.64. The summed E-state index contributed by atoms with van der Waals surface area (Å²) in [5.74, 6) is 0.656. The highest BCUT2D eigenvalue weighted by atomic mass is 14.8. The average Bonchev–Trinajstić information content (AvgIpc) is 1.91. The van der Waals surface area contributed by atoms with Crippen LogP contribution in [0, 0.1) is 13.8 Å². The van der Waals surface area contributed by atoms with E-state index < -0.39 is 12.1 Å². The van der Waals surface area contributed by atoms with Crippen LogP contribution in [0.4, 0.5) is 0 Å². The van der Waals surface area contributed by atoms with Gasteiger partial charge in [0, 0.05) is 52.6 Å². The second-order valence-electron chi connectivity index (χ2n) is 18.0. The van der Waals surface area contributed by atoms with Crippen molar-refractivity contribution < 1.29 is 13.7 Å². The van der Waals surface area contributed by atoms with Crippen LogP contribution < -0.4 is 0 Å². The number of benzene rings is 9. The van der Waals surface area contributed by atoms with Gasteiger partial charge in [-0.05, 0) is 139 Å². The van der Waals surface area contributed by atoms with Gasteiger partial charge in [0.15, 0.2) is 5.82 Å². The van der Waals surface area contributed by atoms with E-state index in [1.54, 1.807) is 30.9 Å². The lowest BCUT2D eigenvalue weighted by molar-refractivity contribution is 1.18. The van der Waals surface area contributed by atoms with E-state index in [0.717, 1.165) is 94.6 Å². The standard InChI is InChI=1S/C70H50N4/c1-47-40-68(73-45-66(47)49-16-5-3-6-17-49)54-32-26-51(27-33-54)60-20-9-12-23-63(60)57-42-58(44-59(43-57)65-25-14-11-22-62(65)53-30-36-56(37-31-53)70-71-38-15-39-72-70)64-24-13-10-21-61(64)52-28-34-55(35-29-52)69-41-48(2)67(46-74-69)50-18-7-4-8-19-50/h3-46H,1-2H3/i3D,4D,5D,6D,7D,8D,16D,17D,18D,19D. The molecule has 0 saturated heterocycles. The van der Waals surface area contributed by atoms with E-state index in [4.69, 9.17) is 23.7 Å². The van der Waals surface area contributed by atoms with Gasteiger partial charge >= 0.3 is 0 Å². The number of aryl methyl sites for hydroxylation is 2. The Morgan fingerprint density at radius 3 is 0.919 bits per heavy atom. The Labute approximate surface area is 447 Å². The van der Waals surface area contributed by atoms with Crippen molar-refractivity contribution in [3.05, 3.63) is 278 Å². The zero-order valence-electron chi connectivity index (χ0n) is 50.4. The summed E-state index contributed by atoms with van der Waals surface area (Å²) in [5.41, 5.74) is 18.9. The highest BCUT2D eigenvalue weighted by Crippen LogP contribution is 2.43. The van der Waals surface area contributed by atoms with Crippen LogP contribution >= 0.6 is 0 Å². The van der Waals surface area contributed by atoms with Gasteiger partial charge in [0.25, 0.3) is 0 Å². The topological polar surface area (TPSA) is 51.6 Å². The summed E-state index contributed by atoms with van der Waals surface area (Å²) in [6.07, 6.45) is 6.66. The zero-order chi connectivity index (χ0) is 58.5. The lowest BCUT2D eigenvalue weighted by Crippen LogP contribution is -1.93. The highest BCUT2D eigenvalue weighted by molar-refractivity contribution is 5.94. The van der Waals surface area contributed by atoms with Crippen molar-refractivity contribution in [1.82, 2.24) is 19.9 Å². The maximum Gasteiger partial charge on any atom is 0.159 e. The van der Waals surface area contributed by atoms with Crippen LogP contribution in [0.1, 0.15) is 24.8 Å². The van der Waals surface area contributed by atoms with Crippen LogP contribution in [-0.2, 0) is 0 Å². The third kappa shape index (κ3) is 9.25. The van der Waals surface area contributed by atoms with Crippen molar-refractivity contribution >= 4 is 0 Å². The molecule has 0 fully saturated rings. The summed E-state index contributed by atoms with van der Waals surface area (Å²) in [5, 5.41) is 0. The smallest absolute Gasteiger partial charge is 0.159 e. The normalized spacial score (nSPS) is 13.0. The summed E-state index contributed by atoms with van der Waals surface area (Å²) >= 11 is 0. The molecular weight excluding hydrogens is 897 g/mol. The molecule has 0 aliphatic heterocycles. The van der Waals surface area contributed by atoms with Crippen molar-refractivity contribution in [2.24, 2.45) is 0 Å². The third-order valence-corrected chi connectivity index (χ3v) is 13.4. The van der Waals surface area contributed by atoms with E-state index in [1.807, 2.05) is 62.4 Å². The SMILES string of the molecule is [2H]c1c([2H])c([2H])c(-c2cnc(-c3ccc(-c4ccccc4-c4cc(-c5ccccc5-c5ccc(-c6cc(C)c(-c7c([2H])c([2H])c([2H])c([2H])c7[2H])cn6)cc5)cc(-c5ccccc5-c5ccc(-c6ncccn6)cc5)c4)cc3)cc2C)c([2H])c1[2H]. The van der Waals surface area contributed by atoms with Gasteiger partial charge in [-0.25, -0.2) is 9.97 Å². The van der Waals surface area contributed by atoms with Gasteiger partial charge in [-0.2, -0.15) is 0 Å². The second-order valence-corrected chi connectivity index (χ2v) is 18.0. The van der Waals surface area contributed by atoms with Gasteiger partial charge < -0.3 is 0 Å². The number of nitrogens with zero attached hydrogens (tertiary/aromatic N) is 4. The predicted octanol–water partition coefficient (Wildman–Crippen LogP) is 18.2. The van der Waals surface area contributed by atoms with Crippen LogP contribution in [0.15, 0.2) is 267 Å². The van der Waals surface area contributed by atoms with E-state index in [1.165, 1.54) is 0 Å². The van der Waals surface area contributed by atoms with Crippen molar-refractivity contribution in [3.8, 4) is 123 Å². The molecule has 350 valence electrons. The lowest BCUT2D eigenvalue weighted by Gasteiger charge is -2.18. The minimum Gasteiger partial charge on any atom is -0.256 e. The van der Waals surface area contributed by atoms with Crippen molar-refractivity contribution in [2.75, 3.05) is 0 Å². The van der Waals surface area contributed by atoms with Crippen LogP contribution in [0.5, 0.6) is 0 Å². The molecule has 0 saturated carbocycles. The largest absolute Gasteiger partial charge is 0.256 e. The number of aromatic nitrogens is 4. The molecule has 0 amide bonds. The molecule has 12 aromatic rings. The Kier molecular flexibility index (Phi) is 9.69. The maximum atomic E-state index is 8.56. The molecular formula is C70H50N4. The summed E-state index contributed by atoms with van der Waals surface area (Å²) in [6.45, 7) is 3.72. The first-order valence-corrected chi connectivity index (χ1v) is 24.3. The summed E-state index contributed by atoms with van der Waals surface area (Å²) in [6, 6.07) is 58.9. The minimum absolute atomic E-state index is 0.124. The first-order valence-electron chi connectivity index (χ1n) is 29.3. The van der Waals surface area contributed by atoms with Gasteiger partial charge in [-0.1, -0.05) is 206 Å². The van der Waals surface area contributed by atoms with Crippen LogP contribution in [0.25, 0.3) is 123 Å². The molecule has 3 heterocycles. The fourth-order valence-corrected chi connectivity index (χ4v) is 9.66. The summed E-state index contributed by atoms with van der Waals surface area (Å²) in [4.78, 5) is 18.4. The summed E-state index contributed by atoms with van der Waals surface area (Å²) in [7, 11) is 0. The van der Waals surface area contributed by atoms with Gasteiger partial charge in [0.2, 0.25) is 0 Å². The second kappa shape index (κ2) is 20.2. The Balaban J connectivity index is 0.932. The maximum absolute atomic E-state index is 8.56. The van der Waals surface area contributed by atoms with E-state index in [-0.39, 0.29) is 59.5 Å². The monoisotopic (exact) mass is 956 g/mol. The molecule has 0 N–H and O–H groups in total. The lowest BCUT2D eigenvalue weighted by atomic mass is 9.86. The molecule has 0 spiro atoms. The zero-order valence-corrected chi connectivity index (χ0v) is 40.4. The van der Waals surface area contributed by atoms with E-state index in [0.29, 0.717) is 28.3 Å². The first kappa shape index (κ1) is 35.5. The van der Waals surface area contributed by atoms with E-state index in [9.17, 15) is 0 Å². The molecule has 0 unspecified atom stereocenters. The fourth-order valence-electron chi connectivity index (χ4n) is 9.66. The molecule has 0 radical (unpaired) electrons. The van der Waals surface area contributed by atoms with Crippen LogP contribution in [-0.4, -0.2) is 19.9 Å². The van der Waals surface area contributed by atoms with Crippen molar-refractivity contribution in [2.45, 2.75) is 13.8 Å². The molecule has 3 aromatic heterocycles. The molecule has 0 bridgehead atoms. The first-order chi connectivity index (χ1) is 40.6.